The van der Waals surface area contributed by atoms with Crippen molar-refractivity contribution >= 4 is 8.07 Å². The molecule has 0 saturated heterocycles. The van der Waals surface area contributed by atoms with Crippen molar-refractivity contribution in [3.8, 4) is 0 Å². The Morgan fingerprint density at radius 2 is 1.52 bits per heavy atom. The Morgan fingerprint density at radius 3 is 1.92 bits per heavy atom. The first-order chi connectivity index (χ1) is 11.7. The van der Waals surface area contributed by atoms with Gasteiger partial charge in [0, 0.05) is 0 Å². The zero-order valence-electron chi connectivity index (χ0n) is 17.7. The van der Waals surface area contributed by atoms with Gasteiger partial charge in [0.05, 0.1) is 13.7 Å². The highest BCUT2D eigenvalue weighted by atomic mass is 28.3. The molecule has 25 heavy (non-hydrogen) atoms. The minimum atomic E-state index is -1.44. The second kappa shape index (κ2) is 9.18. The fraction of sp³-hybridized carbons (Fsp3) is 0.652. The fourth-order valence-electron chi connectivity index (χ4n) is 4.07. The Bertz CT molecular complexity index is 529. The van der Waals surface area contributed by atoms with Gasteiger partial charge in [-0.05, 0) is 37.2 Å². The standard InChI is InChI=1S/C23H40OSi/c1-8-21(25(9-2,10-3)11-4)19-23(24,22(5,6)7)18-17-20-15-13-12-14-16-20/h8,12-16,24H,9-11,17-19H2,1-7H3/b21-8+. The molecule has 0 aliphatic carbocycles. The third-order valence-corrected chi connectivity index (χ3v) is 12.5. The van der Waals surface area contributed by atoms with E-state index in [1.54, 1.807) is 5.20 Å². The molecule has 0 bridgehead atoms. The maximum Gasteiger partial charge on any atom is 0.0804 e. The van der Waals surface area contributed by atoms with E-state index in [1.807, 2.05) is 0 Å². The van der Waals surface area contributed by atoms with Crippen LogP contribution in [0.15, 0.2) is 41.6 Å². The monoisotopic (exact) mass is 360 g/mol. The Labute approximate surface area is 157 Å². The third-order valence-electron chi connectivity index (χ3n) is 6.61. The van der Waals surface area contributed by atoms with Crippen LogP contribution in [0, 0.1) is 5.41 Å². The molecule has 1 N–H and O–H groups in total. The van der Waals surface area contributed by atoms with Crippen LogP contribution in [0.4, 0.5) is 0 Å². The van der Waals surface area contributed by atoms with Crippen LogP contribution in [0.2, 0.25) is 18.1 Å². The Kier molecular flexibility index (Phi) is 8.15. The first kappa shape index (κ1) is 22.2. The van der Waals surface area contributed by atoms with Crippen molar-refractivity contribution in [2.75, 3.05) is 0 Å². The van der Waals surface area contributed by atoms with Crippen molar-refractivity contribution in [3.05, 3.63) is 47.2 Å². The van der Waals surface area contributed by atoms with Crippen LogP contribution in [0.1, 0.15) is 66.9 Å². The fourth-order valence-corrected chi connectivity index (χ4v) is 8.21. The van der Waals surface area contributed by atoms with E-state index in [-0.39, 0.29) is 5.41 Å². The number of aliphatic hydroxyl groups is 1. The van der Waals surface area contributed by atoms with E-state index >= 15 is 0 Å². The molecule has 0 heterocycles. The predicted molar refractivity (Wildman–Crippen MR) is 115 cm³/mol. The summed E-state index contributed by atoms with van der Waals surface area (Å²) in [6.45, 7) is 15.8. The van der Waals surface area contributed by atoms with Crippen LogP contribution in [-0.4, -0.2) is 18.8 Å². The average molecular weight is 361 g/mol. The second-order valence-corrected chi connectivity index (χ2v) is 13.9. The van der Waals surface area contributed by atoms with E-state index in [1.165, 1.54) is 23.7 Å². The van der Waals surface area contributed by atoms with Crippen molar-refractivity contribution in [1.82, 2.24) is 0 Å². The van der Waals surface area contributed by atoms with Crippen molar-refractivity contribution in [1.29, 1.82) is 0 Å². The Balaban J connectivity index is 3.09. The molecule has 2 heteroatoms. The van der Waals surface area contributed by atoms with Crippen LogP contribution >= 0.6 is 0 Å². The van der Waals surface area contributed by atoms with Gasteiger partial charge in [0.25, 0.3) is 0 Å². The van der Waals surface area contributed by atoms with Crippen LogP contribution in [0.25, 0.3) is 0 Å². The number of rotatable bonds is 9. The van der Waals surface area contributed by atoms with E-state index < -0.39 is 13.7 Å². The highest BCUT2D eigenvalue weighted by Gasteiger charge is 2.43. The largest absolute Gasteiger partial charge is 0.389 e. The molecule has 142 valence electrons. The minimum Gasteiger partial charge on any atom is -0.389 e. The summed E-state index contributed by atoms with van der Waals surface area (Å²) < 4.78 is 0. The van der Waals surface area contributed by atoms with Crippen molar-refractivity contribution in [3.63, 3.8) is 0 Å². The number of aryl methyl sites for hydroxylation is 1. The molecular formula is C23H40OSi. The molecule has 0 amide bonds. The average Bonchev–Trinajstić information content (AvgIpc) is 2.60. The summed E-state index contributed by atoms with van der Waals surface area (Å²) in [7, 11) is -1.44. The van der Waals surface area contributed by atoms with Crippen LogP contribution in [0.3, 0.4) is 0 Å². The van der Waals surface area contributed by atoms with Gasteiger partial charge >= 0.3 is 0 Å². The molecule has 0 aromatic heterocycles. The first-order valence-corrected chi connectivity index (χ1v) is 12.7. The van der Waals surface area contributed by atoms with E-state index in [0.717, 1.165) is 19.3 Å². The molecule has 0 aliphatic heterocycles. The van der Waals surface area contributed by atoms with Gasteiger partial charge in [0.1, 0.15) is 0 Å². The number of benzene rings is 1. The minimum absolute atomic E-state index is 0.134. The lowest BCUT2D eigenvalue weighted by atomic mass is 9.71. The van der Waals surface area contributed by atoms with Crippen LogP contribution in [-0.2, 0) is 6.42 Å². The topological polar surface area (TPSA) is 20.2 Å². The van der Waals surface area contributed by atoms with Crippen molar-refractivity contribution < 1.29 is 5.11 Å². The molecule has 0 radical (unpaired) electrons. The SMILES string of the molecule is C/C=C(\CC(O)(CCc1ccccc1)C(C)(C)C)[Si](CC)(CC)CC. The smallest absolute Gasteiger partial charge is 0.0804 e. The van der Waals surface area contributed by atoms with Gasteiger partial charge in [-0.1, -0.05) is 101 Å². The van der Waals surface area contributed by atoms with E-state index in [9.17, 15) is 5.11 Å². The van der Waals surface area contributed by atoms with Crippen molar-refractivity contribution in [2.45, 2.75) is 91.5 Å². The van der Waals surface area contributed by atoms with Gasteiger partial charge in [0.15, 0.2) is 0 Å². The van der Waals surface area contributed by atoms with Crippen LogP contribution in [0.5, 0.6) is 0 Å². The summed E-state index contributed by atoms with van der Waals surface area (Å²) in [5.74, 6) is 0. The summed E-state index contributed by atoms with van der Waals surface area (Å²) in [6, 6.07) is 14.4. The molecule has 1 aromatic carbocycles. The highest BCUT2D eigenvalue weighted by molar-refractivity contribution is 6.86. The lowest BCUT2D eigenvalue weighted by molar-refractivity contribution is -0.0627. The highest BCUT2D eigenvalue weighted by Crippen LogP contribution is 2.43. The molecule has 0 saturated carbocycles. The number of hydrogen-bond acceptors (Lipinski definition) is 1. The van der Waals surface area contributed by atoms with Gasteiger partial charge in [-0.3, -0.25) is 0 Å². The van der Waals surface area contributed by atoms with E-state index in [2.05, 4.69) is 84.9 Å². The summed E-state index contributed by atoms with van der Waals surface area (Å²) in [5.41, 5.74) is 0.519. The zero-order valence-corrected chi connectivity index (χ0v) is 18.7. The van der Waals surface area contributed by atoms with E-state index in [0.29, 0.717) is 0 Å². The molecule has 1 aromatic rings. The maximum atomic E-state index is 11.7. The summed E-state index contributed by atoms with van der Waals surface area (Å²) in [6.07, 6.45) is 4.92. The molecule has 0 aliphatic rings. The normalized spacial score (nSPS) is 15.9. The quantitative estimate of drug-likeness (QED) is 0.481. The van der Waals surface area contributed by atoms with Crippen molar-refractivity contribution in [2.24, 2.45) is 5.41 Å². The lowest BCUT2D eigenvalue weighted by Crippen LogP contribution is -2.47. The molecule has 0 spiro atoms. The maximum absolute atomic E-state index is 11.7. The van der Waals surface area contributed by atoms with Gasteiger partial charge in [0.2, 0.25) is 0 Å². The molecule has 1 rings (SSSR count). The summed E-state index contributed by atoms with van der Waals surface area (Å²) >= 11 is 0. The van der Waals surface area contributed by atoms with Crippen LogP contribution < -0.4 is 0 Å². The lowest BCUT2D eigenvalue weighted by Gasteiger charge is -2.44. The molecule has 0 fully saturated rings. The third kappa shape index (κ3) is 5.31. The molecule has 1 nitrogen and oxygen atoms in total. The number of allylic oxidation sites excluding steroid dienone is 1. The summed E-state index contributed by atoms with van der Waals surface area (Å²) in [5, 5.41) is 13.3. The second-order valence-electron chi connectivity index (χ2n) is 8.60. The zero-order chi connectivity index (χ0) is 19.1. The van der Waals surface area contributed by atoms with Gasteiger partial charge in [-0.25, -0.2) is 0 Å². The van der Waals surface area contributed by atoms with Gasteiger partial charge in [-0.15, -0.1) is 0 Å². The molecular weight excluding hydrogens is 320 g/mol. The Morgan fingerprint density at radius 1 is 1.00 bits per heavy atom. The van der Waals surface area contributed by atoms with Gasteiger partial charge in [-0.2, -0.15) is 0 Å². The Hall–Kier alpha value is -0.863. The van der Waals surface area contributed by atoms with Gasteiger partial charge < -0.3 is 5.11 Å². The first-order valence-electron chi connectivity index (χ1n) is 10.1. The summed E-state index contributed by atoms with van der Waals surface area (Å²) in [4.78, 5) is 0. The predicted octanol–water partition coefficient (Wildman–Crippen LogP) is 6.78. The van der Waals surface area contributed by atoms with E-state index in [4.69, 9.17) is 0 Å². The number of hydrogen-bond donors (Lipinski definition) is 1. The molecule has 1 unspecified atom stereocenters. The molecule has 1 atom stereocenters.